The first-order valence-corrected chi connectivity index (χ1v) is 6.50. The molecule has 0 aliphatic carbocycles. The van der Waals surface area contributed by atoms with E-state index in [1.807, 2.05) is 32.9 Å². The van der Waals surface area contributed by atoms with Gasteiger partial charge in [-0.25, -0.2) is 0 Å². The van der Waals surface area contributed by atoms with E-state index in [1.165, 1.54) is 0 Å². The van der Waals surface area contributed by atoms with Crippen LogP contribution in [0.15, 0.2) is 28.9 Å². The Balaban J connectivity index is 2.22. The molecule has 0 aliphatic rings. The number of carbonyl (C=O) groups excluding carboxylic acids is 1. The van der Waals surface area contributed by atoms with Crippen LogP contribution in [0.25, 0.3) is 0 Å². The van der Waals surface area contributed by atoms with Gasteiger partial charge in [0.1, 0.15) is 11.5 Å². The molecular formula is C16H19NO3. The maximum atomic E-state index is 12.3. The van der Waals surface area contributed by atoms with Crippen LogP contribution < -0.4 is 10.1 Å². The number of rotatable bonds is 4. The Hall–Kier alpha value is -2.23. The third kappa shape index (κ3) is 2.69. The number of benzene rings is 1. The van der Waals surface area contributed by atoms with Gasteiger partial charge in [-0.05, 0) is 55.7 Å². The van der Waals surface area contributed by atoms with E-state index in [-0.39, 0.29) is 5.91 Å². The normalized spacial score (nSPS) is 10.4. The molecule has 1 amide bonds. The molecule has 20 heavy (non-hydrogen) atoms. The highest BCUT2D eigenvalue weighted by molar-refractivity contribution is 5.96. The number of furan rings is 1. The summed E-state index contributed by atoms with van der Waals surface area (Å²) in [6, 6.07) is 5.49. The van der Waals surface area contributed by atoms with Gasteiger partial charge in [-0.15, -0.1) is 0 Å². The molecular weight excluding hydrogens is 254 g/mol. The molecule has 106 valence electrons. The van der Waals surface area contributed by atoms with Crippen LogP contribution in [0.4, 0.5) is 0 Å². The summed E-state index contributed by atoms with van der Waals surface area (Å²) in [5.74, 6) is 1.47. The second kappa shape index (κ2) is 5.82. The average Bonchev–Trinajstić information content (AvgIpc) is 2.94. The van der Waals surface area contributed by atoms with Gasteiger partial charge in [-0.1, -0.05) is 0 Å². The van der Waals surface area contributed by atoms with Gasteiger partial charge in [0.25, 0.3) is 5.91 Å². The highest BCUT2D eigenvalue weighted by atomic mass is 16.5. The van der Waals surface area contributed by atoms with Crippen molar-refractivity contribution in [2.24, 2.45) is 0 Å². The first-order valence-electron chi connectivity index (χ1n) is 6.50. The van der Waals surface area contributed by atoms with Crippen LogP contribution in [0, 0.1) is 20.8 Å². The molecule has 2 aromatic rings. The molecule has 0 radical (unpaired) electrons. The fraction of sp³-hybridized carbons (Fsp3) is 0.312. The number of hydrogen-bond donors (Lipinski definition) is 1. The molecule has 1 aromatic carbocycles. The van der Waals surface area contributed by atoms with Gasteiger partial charge in [0.05, 0.1) is 19.9 Å². The van der Waals surface area contributed by atoms with E-state index < -0.39 is 0 Å². The van der Waals surface area contributed by atoms with Crippen molar-refractivity contribution in [1.82, 2.24) is 5.32 Å². The van der Waals surface area contributed by atoms with Crippen LogP contribution in [0.1, 0.15) is 32.8 Å². The second-order valence-electron chi connectivity index (χ2n) is 4.79. The minimum absolute atomic E-state index is 0.104. The van der Waals surface area contributed by atoms with Crippen molar-refractivity contribution in [1.29, 1.82) is 0 Å². The molecule has 0 fully saturated rings. The number of aryl methyl sites for hydroxylation is 1. The predicted molar refractivity (Wildman–Crippen MR) is 77.1 cm³/mol. The van der Waals surface area contributed by atoms with Gasteiger partial charge in [0, 0.05) is 5.56 Å². The van der Waals surface area contributed by atoms with Crippen molar-refractivity contribution < 1.29 is 13.9 Å². The molecule has 0 unspecified atom stereocenters. The quantitative estimate of drug-likeness (QED) is 0.931. The Morgan fingerprint density at radius 3 is 2.65 bits per heavy atom. The van der Waals surface area contributed by atoms with Crippen LogP contribution in [-0.4, -0.2) is 13.0 Å². The van der Waals surface area contributed by atoms with E-state index in [4.69, 9.17) is 9.15 Å². The Bertz CT molecular complexity index is 615. The highest BCUT2D eigenvalue weighted by Crippen LogP contribution is 2.28. The molecule has 0 spiro atoms. The fourth-order valence-electron chi connectivity index (χ4n) is 2.28. The molecule has 1 heterocycles. The Morgan fingerprint density at radius 2 is 2.05 bits per heavy atom. The van der Waals surface area contributed by atoms with Crippen LogP contribution in [0.2, 0.25) is 0 Å². The first kappa shape index (κ1) is 14.2. The van der Waals surface area contributed by atoms with Gasteiger partial charge in [0.2, 0.25) is 0 Å². The Kier molecular flexibility index (Phi) is 4.13. The number of carbonyl (C=O) groups is 1. The predicted octanol–water partition coefficient (Wildman–Crippen LogP) is 3.14. The molecule has 4 heteroatoms. The standard InChI is InChI=1S/C16H19NO3/c1-10-8-14(11(2)12(3)15(10)19-4)16(18)17-9-13-6-5-7-20-13/h5-8H,9H2,1-4H3,(H,17,18). The van der Waals surface area contributed by atoms with Crippen LogP contribution >= 0.6 is 0 Å². The van der Waals surface area contributed by atoms with Gasteiger partial charge in [-0.2, -0.15) is 0 Å². The summed E-state index contributed by atoms with van der Waals surface area (Å²) in [7, 11) is 1.64. The summed E-state index contributed by atoms with van der Waals surface area (Å²) < 4.78 is 10.6. The molecule has 0 bridgehead atoms. The van der Waals surface area contributed by atoms with Crippen molar-refractivity contribution in [3.05, 3.63) is 52.5 Å². The van der Waals surface area contributed by atoms with Crippen molar-refractivity contribution in [3.63, 3.8) is 0 Å². The lowest BCUT2D eigenvalue weighted by molar-refractivity contribution is 0.0947. The molecule has 1 N–H and O–H groups in total. The number of amides is 1. The second-order valence-corrected chi connectivity index (χ2v) is 4.79. The van der Waals surface area contributed by atoms with Crippen LogP contribution in [0.5, 0.6) is 5.75 Å². The van der Waals surface area contributed by atoms with Crippen LogP contribution in [-0.2, 0) is 6.54 Å². The van der Waals surface area contributed by atoms with Gasteiger partial charge in [0.15, 0.2) is 0 Å². The smallest absolute Gasteiger partial charge is 0.251 e. The van der Waals surface area contributed by atoms with Gasteiger partial charge < -0.3 is 14.5 Å². The van der Waals surface area contributed by atoms with Crippen molar-refractivity contribution in [3.8, 4) is 5.75 Å². The zero-order valence-corrected chi connectivity index (χ0v) is 12.2. The lowest BCUT2D eigenvalue weighted by Crippen LogP contribution is -2.24. The highest BCUT2D eigenvalue weighted by Gasteiger charge is 2.15. The average molecular weight is 273 g/mol. The van der Waals surface area contributed by atoms with Gasteiger partial charge in [-0.3, -0.25) is 4.79 Å². The van der Waals surface area contributed by atoms with E-state index in [0.717, 1.165) is 28.2 Å². The minimum atomic E-state index is -0.104. The lowest BCUT2D eigenvalue weighted by Gasteiger charge is -2.15. The summed E-state index contributed by atoms with van der Waals surface area (Å²) in [6.07, 6.45) is 1.59. The maximum Gasteiger partial charge on any atom is 0.251 e. The zero-order chi connectivity index (χ0) is 14.7. The minimum Gasteiger partial charge on any atom is -0.496 e. The number of nitrogens with one attached hydrogen (secondary N) is 1. The Morgan fingerprint density at radius 1 is 1.30 bits per heavy atom. The molecule has 0 saturated heterocycles. The van der Waals surface area contributed by atoms with E-state index >= 15 is 0 Å². The zero-order valence-electron chi connectivity index (χ0n) is 12.2. The fourth-order valence-corrected chi connectivity index (χ4v) is 2.28. The van der Waals surface area contributed by atoms with E-state index in [2.05, 4.69) is 5.32 Å². The summed E-state index contributed by atoms with van der Waals surface area (Å²) in [6.45, 7) is 6.22. The maximum absolute atomic E-state index is 12.3. The Labute approximate surface area is 118 Å². The third-order valence-electron chi connectivity index (χ3n) is 3.48. The SMILES string of the molecule is COc1c(C)cc(C(=O)NCc2ccco2)c(C)c1C. The largest absolute Gasteiger partial charge is 0.496 e. The third-order valence-corrected chi connectivity index (χ3v) is 3.48. The monoisotopic (exact) mass is 273 g/mol. The van der Waals surface area contributed by atoms with E-state index in [0.29, 0.717) is 12.1 Å². The van der Waals surface area contributed by atoms with Crippen molar-refractivity contribution >= 4 is 5.91 Å². The summed E-state index contributed by atoms with van der Waals surface area (Å²) in [5.41, 5.74) is 3.56. The summed E-state index contributed by atoms with van der Waals surface area (Å²) in [5, 5.41) is 2.86. The van der Waals surface area contributed by atoms with E-state index in [1.54, 1.807) is 19.4 Å². The molecule has 2 rings (SSSR count). The van der Waals surface area contributed by atoms with Crippen molar-refractivity contribution in [2.45, 2.75) is 27.3 Å². The molecule has 0 atom stereocenters. The van der Waals surface area contributed by atoms with Crippen molar-refractivity contribution in [2.75, 3.05) is 7.11 Å². The number of ether oxygens (including phenoxy) is 1. The van der Waals surface area contributed by atoms with E-state index in [9.17, 15) is 4.79 Å². The topological polar surface area (TPSA) is 51.5 Å². The number of hydrogen-bond acceptors (Lipinski definition) is 3. The number of methoxy groups -OCH3 is 1. The van der Waals surface area contributed by atoms with Gasteiger partial charge >= 0.3 is 0 Å². The summed E-state index contributed by atoms with van der Waals surface area (Å²) >= 11 is 0. The summed E-state index contributed by atoms with van der Waals surface area (Å²) in [4.78, 5) is 12.3. The molecule has 0 aliphatic heterocycles. The molecule has 1 aromatic heterocycles. The first-order chi connectivity index (χ1) is 9.54. The molecule has 4 nitrogen and oxygen atoms in total. The van der Waals surface area contributed by atoms with Crippen LogP contribution in [0.3, 0.4) is 0 Å². The lowest BCUT2D eigenvalue weighted by atomic mass is 9.98. The molecule has 0 saturated carbocycles.